The first-order valence-corrected chi connectivity index (χ1v) is 9.25. The van der Waals surface area contributed by atoms with Gasteiger partial charge in [0.15, 0.2) is 11.5 Å². The van der Waals surface area contributed by atoms with Crippen molar-refractivity contribution in [2.45, 2.75) is 20.8 Å². The first-order valence-electron chi connectivity index (χ1n) is 9.25. The van der Waals surface area contributed by atoms with Crippen molar-refractivity contribution in [1.82, 2.24) is 0 Å². The van der Waals surface area contributed by atoms with E-state index in [0.29, 0.717) is 29.3 Å². The molecule has 0 unspecified atom stereocenters. The Labute approximate surface area is 169 Å². The van der Waals surface area contributed by atoms with Crippen molar-refractivity contribution in [2.24, 2.45) is 0 Å². The number of aromatic hydroxyl groups is 1. The fourth-order valence-electron chi connectivity index (χ4n) is 3.24. The van der Waals surface area contributed by atoms with Gasteiger partial charge in [0, 0.05) is 11.4 Å². The van der Waals surface area contributed by atoms with E-state index in [-0.39, 0.29) is 22.8 Å². The predicted octanol–water partition coefficient (Wildman–Crippen LogP) is 3.98. The number of hydrogen-bond donors (Lipinski definition) is 1. The maximum atomic E-state index is 13.2. The number of rotatable bonds is 5. The fraction of sp³-hybridized carbons (Fsp3) is 0.217. The highest BCUT2D eigenvalue weighted by molar-refractivity contribution is 6.23. The normalized spacial score (nSPS) is 15.2. The molecule has 6 heteroatoms. The highest BCUT2D eigenvalue weighted by Gasteiger charge is 2.37. The van der Waals surface area contributed by atoms with Gasteiger partial charge in [-0.2, -0.15) is 0 Å². The Morgan fingerprint density at radius 1 is 1.14 bits per heavy atom. The molecule has 29 heavy (non-hydrogen) atoms. The summed E-state index contributed by atoms with van der Waals surface area (Å²) >= 11 is 0. The van der Waals surface area contributed by atoms with Crippen LogP contribution in [-0.2, 0) is 14.3 Å². The highest BCUT2D eigenvalue weighted by atomic mass is 16.5. The minimum Gasteiger partial charge on any atom is -0.504 e. The van der Waals surface area contributed by atoms with E-state index in [1.807, 2.05) is 38.1 Å². The quantitative estimate of drug-likeness (QED) is 0.614. The fourth-order valence-corrected chi connectivity index (χ4v) is 3.24. The number of methoxy groups -OCH3 is 1. The number of hydrogen-bond acceptors (Lipinski definition) is 5. The van der Waals surface area contributed by atoms with Crippen LogP contribution in [0, 0.1) is 6.92 Å². The van der Waals surface area contributed by atoms with Crippen molar-refractivity contribution < 1.29 is 24.2 Å². The SMILES string of the molecule is CCOc1cc(/C=C2\C(=O)N(c3ccc(C)cc3)C(C)=C2C(=O)OC)ccc1O. The van der Waals surface area contributed by atoms with Crippen molar-refractivity contribution in [1.29, 1.82) is 0 Å². The van der Waals surface area contributed by atoms with Gasteiger partial charge in [0.1, 0.15) is 0 Å². The number of aryl methyl sites for hydroxylation is 1. The second kappa shape index (κ2) is 8.22. The Balaban J connectivity index is 2.11. The van der Waals surface area contributed by atoms with E-state index < -0.39 is 5.97 Å². The number of anilines is 1. The number of ether oxygens (including phenoxy) is 2. The van der Waals surface area contributed by atoms with E-state index in [4.69, 9.17) is 9.47 Å². The Kier molecular flexibility index (Phi) is 5.73. The Morgan fingerprint density at radius 3 is 2.45 bits per heavy atom. The van der Waals surface area contributed by atoms with Gasteiger partial charge in [0.05, 0.1) is 24.9 Å². The molecule has 6 nitrogen and oxygen atoms in total. The van der Waals surface area contributed by atoms with Crippen LogP contribution >= 0.6 is 0 Å². The molecule has 0 fully saturated rings. The molecule has 150 valence electrons. The number of phenols is 1. The van der Waals surface area contributed by atoms with E-state index in [2.05, 4.69) is 0 Å². The molecule has 2 aromatic rings. The molecule has 2 aromatic carbocycles. The second-order valence-corrected chi connectivity index (χ2v) is 6.65. The van der Waals surface area contributed by atoms with Crippen molar-refractivity contribution in [3.8, 4) is 11.5 Å². The summed E-state index contributed by atoms with van der Waals surface area (Å²) in [5, 5.41) is 9.91. The molecular formula is C23H23NO5. The largest absolute Gasteiger partial charge is 0.504 e. The molecular weight excluding hydrogens is 370 g/mol. The van der Waals surface area contributed by atoms with E-state index in [9.17, 15) is 14.7 Å². The maximum Gasteiger partial charge on any atom is 0.340 e. The molecule has 1 aliphatic heterocycles. The monoisotopic (exact) mass is 393 g/mol. The van der Waals surface area contributed by atoms with Gasteiger partial charge in [-0.1, -0.05) is 23.8 Å². The Hall–Kier alpha value is -3.54. The lowest BCUT2D eigenvalue weighted by Crippen LogP contribution is -2.24. The zero-order valence-corrected chi connectivity index (χ0v) is 16.9. The first kappa shape index (κ1) is 20.2. The van der Waals surface area contributed by atoms with Crippen LogP contribution < -0.4 is 9.64 Å². The molecule has 0 saturated heterocycles. The summed E-state index contributed by atoms with van der Waals surface area (Å²) in [6.45, 7) is 5.88. The van der Waals surface area contributed by atoms with Gasteiger partial charge in [-0.05, 0) is 56.7 Å². The van der Waals surface area contributed by atoms with Crippen LogP contribution in [0.25, 0.3) is 6.08 Å². The number of carbonyl (C=O) groups is 2. The Bertz CT molecular complexity index is 1020. The molecule has 3 rings (SSSR count). The summed E-state index contributed by atoms with van der Waals surface area (Å²) in [6.07, 6.45) is 1.61. The van der Waals surface area contributed by atoms with Crippen LogP contribution in [0.4, 0.5) is 5.69 Å². The average molecular weight is 393 g/mol. The molecule has 0 spiro atoms. The standard InChI is InChI=1S/C23H23NO5/c1-5-29-20-13-16(8-11-19(20)25)12-18-21(23(27)28-4)15(3)24(22(18)26)17-9-6-14(2)7-10-17/h6-13,25H,5H2,1-4H3/b18-12-. The Morgan fingerprint density at radius 2 is 1.83 bits per heavy atom. The number of benzene rings is 2. The van der Waals surface area contributed by atoms with Gasteiger partial charge < -0.3 is 14.6 Å². The topological polar surface area (TPSA) is 76.1 Å². The molecule has 0 radical (unpaired) electrons. The van der Waals surface area contributed by atoms with Crippen molar-refractivity contribution in [3.63, 3.8) is 0 Å². The molecule has 1 amide bonds. The lowest BCUT2D eigenvalue weighted by molar-refractivity contribution is -0.136. The molecule has 0 aromatic heterocycles. The summed E-state index contributed by atoms with van der Waals surface area (Å²) in [5.74, 6) is -0.589. The zero-order valence-electron chi connectivity index (χ0n) is 16.9. The van der Waals surface area contributed by atoms with E-state index in [0.717, 1.165) is 5.56 Å². The lowest BCUT2D eigenvalue weighted by atomic mass is 10.0. The number of nitrogens with zero attached hydrogens (tertiary/aromatic N) is 1. The van der Waals surface area contributed by atoms with Gasteiger partial charge in [0.2, 0.25) is 0 Å². The maximum absolute atomic E-state index is 13.2. The number of phenolic OH excluding ortho intramolecular Hbond substituents is 1. The van der Waals surface area contributed by atoms with Crippen LogP contribution in [0.3, 0.4) is 0 Å². The minimum absolute atomic E-state index is 0.00736. The van der Waals surface area contributed by atoms with Crippen LogP contribution in [0.5, 0.6) is 11.5 Å². The third-order valence-electron chi connectivity index (χ3n) is 4.68. The number of amides is 1. The third kappa shape index (κ3) is 3.87. The minimum atomic E-state index is -0.583. The molecule has 1 aliphatic rings. The van der Waals surface area contributed by atoms with Crippen LogP contribution in [-0.4, -0.2) is 30.7 Å². The van der Waals surface area contributed by atoms with E-state index in [1.165, 1.54) is 18.1 Å². The number of esters is 1. The summed E-state index contributed by atoms with van der Waals surface area (Å²) in [7, 11) is 1.28. The van der Waals surface area contributed by atoms with Gasteiger partial charge in [-0.3, -0.25) is 9.69 Å². The van der Waals surface area contributed by atoms with Crippen molar-refractivity contribution >= 4 is 23.6 Å². The summed E-state index contributed by atoms with van der Waals surface area (Å²) in [6, 6.07) is 12.2. The highest BCUT2D eigenvalue weighted by Crippen LogP contribution is 2.36. The van der Waals surface area contributed by atoms with Gasteiger partial charge in [0.25, 0.3) is 5.91 Å². The van der Waals surface area contributed by atoms with Crippen LogP contribution in [0.1, 0.15) is 25.0 Å². The summed E-state index contributed by atoms with van der Waals surface area (Å²) in [4.78, 5) is 27.2. The van der Waals surface area contributed by atoms with E-state index in [1.54, 1.807) is 25.1 Å². The van der Waals surface area contributed by atoms with Gasteiger partial charge in [-0.15, -0.1) is 0 Å². The van der Waals surface area contributed by atoms with Gasteiger partial charge in [-0.25, -0.2) is 4.79 Å². The second-order valence-electron chi connectivity index (χ2n) is 6.65. The molecule has 0 bridgehead atoms. The molecule has 0 aliphatic carbocycles. The molecule has 0 saturated carbocycles. The zero-order chi connectivity index (χ0) is 21.1. The predicted molar refractivity (Wildman–Crippen MR) is 111 cm³/mol. The van der Waals surface area contributed by atoms with Crippen LogP contribution in [0.15, 0.2) is 59.3 Å². The third-order valence-corrected chi connectivity index (χ3v) is 4.68. The van der Waals surface area contributed by atoms with Gasteiger partial charge >= 0.3 is 5.97 Å². The summed E-state index contributed by atoms with van der Waals surface area (Å²) < 4.78 is 10.3. The van der Waals surface area contributed by atoms with Crippen molar-refractivity contribution in [3.05, 3.63) is 70.4 Å². The van der Waals surface area contributed by atoms with Crippen LogP contribution in [0.2, 0.25) is 0 Å². The molecule has 1 N–H and O–H groups in total. The number of carbonyl (C=O) groups excluding carboxylic acids is 2. The molecule has 0 atom stereocenters. The van der Waals surface area contributed by atoms with E-state index >= 15 is 0 Å². The summed E-state index contributed by atoms with van der Waals surface area (Å²) in [5.41, 5.74) is 3.30. The molecule has 1 heterocycles. The smallest absolute Gasteiger partial charge is 0.340 e. The average Bonchev–Trinajstić information content (AvgIpc) is 2.94. The van der Waals surface area contributed by atoms with Crippen molar-refractivity contribution in [2.75, 3.05) is 18.6 Å². The first-order chi connectivity index (χ1) is 13.9. The number of allylic oxidation sites excluding steroid dienone is 1. The lowest BCUT2D eigenvalue weighted by Gasteiger charge is -2.18.